The zero-order valence-corrected chi connectivity index (χ0v) is 17.5. The molecule has 0 bridgehead atoms. The first-order valence-corrected chi connectivity index (χ1v) is 10.1. The molecule has 8 heteroatoms. The van der Waals surface area contributed by atoms with Crippen LogP contribution in [0.15, 0.2) is 51.5 Å². The number of hydrogen-bond donors (Lipinski definition) is 0. The Morgan fingerprint density at radius 1 is 1.14 bits per heavy atom. The van der Waals surface area contributed by atoms with E-state index < -0.39 is 0 Å². The van der Waals surface area contributed by atoms with Crippen LogP contribution in [0.5, 0.6) is 0 Å². The molecule has 0 N–H and O–H groups in total. The van der Waals surface area contributed by atoms with Crippen LogP contribution >= 0.6 is 15.9 Å². The molecular weight excluding hydrogens is 434 g/mol. The molecule has 1 unspecified atom stereocenters. The van der Waals surface area contributed by atoms with Gasteiger partial charge in [-0.15, -0.1) is 5.10 Å². The Kier molecular flexibility index (Phi) is 4.52. The molecule has 146 valence electrons. The Hall–Kier alpha value is -2.84. The van der Waals surface area contributed by atoms with Gasteiger partial charge in [0.15, 0.2) is 5.69 Å². The largest absolute Gasteiger partial charge is 0.365 e. The smallest absolute Gasteiger partial charge is 0.280 e. The van der Waals surface area contributed by atoms with E-state index >= 15 is 0 Å². The van der Waals surface area contributed by atoms with Crippen molar-refractivity contribution in [2.75, 3.05) is 0 Å². The highest BCUT2D eigenvalue weighted by Gasteiger charge is 2.28. The maximum Gasteiger partial charge on any atom is 0.280 e. The normalized spacial score (nSPS) is 16.0. The van der Waals surface area contributed by atoms with Crippen molar-refractivity contribution in [3.8, 4) is 23.0 Å². The van der Waals surface area contributed by atoms with Crippen molar-refractivity contribution in [2.45, 2.75) is 33.1 Å². The van der Waals surface area contributed by atoms with Crippen molar-refractivity contribution in [3.05, 3.63) is 69.3 Å². The van der Waals surface area contributed by atoms with Gasteiger partial charge in [-0.25, -0.2) is 4.68 Å². The van der Waals surface area contributed by atoms with Gasteiger partial charge in [0, 0.05) is 10.0 Å². The Labute approximate surface area is 175 Å². The first-order chi connectivity index (χ1) is 14.1. The molecule has 1 aliphatic heterocycles. The minimum Gasteiger partial charge on any atom is -0.365 e. The van der Waals surface area contributed by atoms with Crippen LogP contribution < -0.4 is 0 Å². The van der Waals surface area contributed by atoms with Gasteiger partial charge in [0.2, 0.25) is 5.82 Å². The predicted octanol–water partition coefficient (Wildman–Crippen LogP) is 4.65. The summed E-state index contributed by atoms with van der Waals surface area (Å²) in [6.07, 6.45) is -0.0578. The number of fused-ring (bicyclic) bond motifs is 1. The Balaban J connectivity index is 1.42. The molecule has 1 aliphatic rings. The molecule has 0 saturated carbocycles. The van der Waals surface area contributed by atoms with E-state index in [1.54, 1.807) is 0 Å². The fraction of sp³-hybridized carbons (Fsp3) is 0.238. The highest BCUT2D eigenvalue weighted by Crippen LogP contribution is 2.32. The second-order valence-corrected chi connectivity index (χ2v) is 8.08. The van der Waals surface area contributed by atoms with E-state index in [1.165, 1.54) is 16.7 Å². The summed E-state index contributed by atoms with van der Waals surface area (Å²) in [5.41, 5.74) is 5.90. The number of halogens is 1. The summed E-state index contributed by atoms with van der Waals surface area (Å²) in [5.74, 6) is 0.850. The van der Waals surface area contributed by atoms with Gasteiger partial charge in [0.05, 0.1) is 18.8 Å². The third-order valence-corrected chi connectivity index (χ3v) is 5.57. The van der Waals surface area contributed by atoms with Gasteiger partial charge >= 0.3 is 0 Å². The van der Waals surface area contributed by atoms with Crippen molar-refractivity contribution >= 4 is 15.9 Å². The molecule has 0 radical (unpaired) electrons. The van der Waals surface area contributed by atoms with E-state index in [0.717, 1.165) is 15.7 Å². The van der Waals surface area contributed by atoms with E-state index in [0.29, 0.717) is 30.6 Å². The Bertz CT molecular complexity index is 1200. The SMILES string of the molecule is Cc1ccc(C2Cn3nnc(-c4nc(-c5cccc(Br)c5)no4)c3CO2)c(C)c1. The summed E-state index contributed by atoms with van der Waals surface area (Å²) in [6.45, 7) is 5.18. The van der Waals surface area contributed by atoms with Gasteiger partial charge in [0.25, 0.3) is 5.89 Å². The number of aryl methyl sites for hydroxylation is 2. The lowest BCUT2D eigenvalue weighted by atomic mass is 10.0. The molecule has 0 amide bonds. The van der Waals surface area contributed by atoms with E-state index in [2.05, 4.69) is 68.4 Å². The highest BCUT2D eigenvalue weighted by atomic mass is 79.9. The molecule has 7 nitrogen and oxygen atoms in total. The average molecular weight is 452 g/mol. The van der Waals surface area contributed by atoms with Crippen molar-refractivity contribution in [1.29, 1.82) is 0 Å². The number of ether oxygens (including phenoxy) is 1. The van der Waals surface area contributed by atoms with Gasteiger partial charge in [-0.05, 0) is 37.1 Å². The number of aromatic nitrogens is 5. The third-order valence-electron chi connectivity index (χ3n) is 5.08. The van der Waals surface area contributed by atoms with Crippen LogP contribution in [0.1, 0.15) is 28.5 Å². The van der Waals surface area contributed by atoms with Crippen LogP contribution in [0, 0.1) is 13.8 Å². The molecular formula is C21H18BrN5O2. The van der Waals surface area contributed by atoms with Gasteiger partial charge in [-0.3, -0.25) is 0 Å². The maximum atomic E-state index is 6.14. The first-order valence-electron chi connectivity index (χ1n) is 9.29. The van der Waals surface area contributed by atoms with Gasteiger partial charge in [-0.2, -0.15) is 4.98 Å². The molecule has 0 spiro atoms. The van der Waals surface area contributed by atoms with Crippen molar-refractivity contribution in [3.63, 3.8) is 0 Å². The molecule has 0 aliphatic carbocycles. The molecule has 29 heavy (non-hydrogen) atoms. The van der Waals surface area contributed by atoms with Crippen LogP contribution in [0.2, 0.25) is 0 Å². The van der Waals surface area contributed by atoms with E-state index in [-0.39, 0.29) is 6.10 Å². The molecule has 0 saturated heterocycles. The van der Waals surface area contributed by atoms with Crippen molar-refractivity contribution in [1.82, 2.24) is 25.1 Å². The zero-order valence-electron chi connectivity index (χ0n) is 16.0. The second-order valence-electron chi connectivity index (χ2n) is 7.16. The van der Waals surface area contributed by atoms with Crippen LogP contribution in [0.4, 0.5) is 0 Å². The molecule has 4 aromatic rings. The van der Waals surface area contributed by atoms with Gasteiger partial charge in [0.1, 0.15) is 6.10 Å². The second kappa shape index (κ2) is 7.20. The topological polar surface area (TPSA) is 78.9 Å². The lowest BCUT2D eigenvalue weighted by molar-refractivity contribution is -0.00153. The number of benzene rings is 2. The van der Waals surface area contributed by atoms with Gasteiger partial charge in [-0.1, -0.05) is 62.2 Å². The maximum absolute atomic E-state index is 6.14. The highest BCUT2D eigenvalue weighted by molar-refractivity contribution is 9.10. The van der Waals surface area contributed by atoms with Crippen molar-refractivity contribution < 1.29 is 9.26 Å². The van der Waals surface area contributed by atoms with Crippen LogP contribution in [-0.4, -0.2) is 25.1 Å². The third kappa shape index (κ3) is 3.38. The zero-order chi connectivity index (χ0) is 20.0. The molecule has 2 aromatic carbocycles. The quantitative estimate of drug-likeness (QED) is 0.451. The first kappa shape index (κ1) is 18.2. The summed E-state index contributed by atoms with van der Waals surface area (Å²) >= 11 is 3.46. The van der Waals surface area contributed by atoms with E-state index in [9.17, 15) is 0 Å². The van der Waals surface area contributed by atoms with Crippen LogP contribution in [-0.2, 0) is 17.9 Å². The summed E-state index contributed by atoms with van der Waals surface area (Å²) in [6, 6.07) is 14.1. The monoisotopic (exact) mass is 451 g/mol. The average Bonchev–Trinajstić information content (AvgIpc) is 3.34. The van der Waals surface area contributed by atoms with Crippen LogP contribution in [0.25, 0.3) is 23.0 Å². The summed E-state index contributed by atoms with van der Waals surface area (Å²) in [5, 5.41) is 12.7. The fourth-order valence-corrected chi connectivity index (χ4v) is 4.02. The van der Waals surface area contributed by atoms with E-state index in [1.807, 2.05) is 28.9 Å². The van der Waals surface area contributed by atoms with E-state index in [4.69, 9.17) is 9.26 Å². The van der Waals surface area contributed by atoms with Crippen molar-refractivity contribution in [2.24, 2.45) is 0 Å². The molecule has 5 rings (SSSR count). The summed E-state index contributed by atoms with van der Waals surface area (Å²) in [4.78, 5) is 4.50. The Morgan fingerprint density at radius 2 is 2.03 bits per heavy atom. The minimum absolute atomic E-state index is 0.0578. The number of nitrogens with zero attached hydrogens (tertiary/aromatic N) is 5. The summed E-state index contributed by atoms with van der Waals surface area (Å²) in [7, 11) is 0. The lowest BCUT2D eigenvalue weighted by Crippen LogP contribution is -2.22. The molecule has 0 fully saturated rings. The van der Waals surface area contributed by atoms with Crippen LogP contribution in [0.3, 0.4) is 0 Å². The summed E-state index contributed by atoms with van der Waals surface area (Å²) < 4.78 is 14.4. The molecule has 3 heterocycles. The van der Waals surface area contributed by atoms with Gasteiger partial charge < -0.3 is 9.26 Å². The fourth-order valence-electron chi connectivity index (χ4n) is 3.62. The Morgan fingerprint density at radius 3 is 2.86 bits per heavy atom. The number of hydrogen-bond acceptors (Lipinski definition) is 6. The number of rotatable bonds is 3. The predicted molar refractivity (Wildman–Crippen MR) is 110 cm³/mol. The minimum atomic E-state index is -0.0578. The standard InChI is InChI=1S/C21H18BrN5O2/c1-12-6-7-16(13(2)8-12)18-10-27-17(11-28-18)19(24-26-27)21-23-20(25-29-21)14-4-3-5-15(22)9-14/h3-9,18H,10-11H2,1-2H3. The molecule has 1 atom stereocenters. The molecule has 2 aromatic heterocycles. The lowest BCUT2D eigenvalue weighted by Gasteiger charge is -2.25.